The van der Waals surface area contributed by atoms with Crippen LogP contribution in [0.15, 0.2) is 54.1 Å². The van der Waals surface area contributed by atoms with Crippen molar-refractivity contribution in [1.82, 2.24) is 30.0 Å². The van der Waals surface area contributed by atoms with E-state index in [2.05, 4.69) is 25.4 Å². The Hall–Kier alpha value is -3.29. The van der Waals surface area contributed by atoms with Gasteiger partial charge in [-0.3, -0.25) is 9.59 Å². The molecule has 0 unspecified atom stereocenters. The van der Waals surface area contributed by atoms with Gasteiger partial charge in [0.2, 0.25) is 0 Å². The van der Waals surface area contributed by atoms with Crippen molar-refractivity contribution in [2.45, 2.75) is 6.54 Å². The lowest BCUT2D eigenvalue weighted by Crippen LogP contribution is -2.29. The van der Waals surface area contributed by atoms with Crippen LogP contribution >= 0.6 is 0 Å². The van der Waals surface area contributed by atoms with E-state index >= 15 is 0 Å². The summed E-state index contributed by atoms with van der Waals surface area (Å²) in [5.74, 6) is 0.123. The van der Waals surface area contributed by atoms with Gasteiger partial charge in [-0.2, -0.15) is 5.10 Å². The number of hydrogen-bond acceptors (Lipinski definition) is 5. The lowest BCUT2D eigenvalue weighted by molar-refractivity contribution is 0.0949. The van der Waals surface area contributed by atoms with Crippen molar-refractivity contribution < 1.29 is 4.79 Å². The van der Waals surface area contributed by atoms with Crippen LogP contribution in [0.4, 0.5) is 0 Å². The molecule has 3 heterocycles. The summed E-state index contributed by atoms with van der Waals surface area (Å²) in [7, 11) is 0. The average molecular weight is 296 g/mol. The molecule has 3 aromatic rings. The average Bonchev–Trinajstić information content (AvgIpc) is 3.07. The van der Waals surface area contributed by atoms with Gasteiger partial charge in [0.15, 0.2) is 5.82 Å². The van der Waals surface area contributed by atoms with Gasteiger partial charge in [0.25, 0.3) is 11.5 Å². The normalized spacial score (nSPS) is 10.4. The van der Waals surface area contributed by atoms with E-state index in [0.717, 1.165) is 5.56 Å². The molecule has 0 aliphatic carbocycles. The summed E-state index contributed by atoms with van der Waals surface area (Å²) in [4.78, 5) is 34.2. The van der Waals surface area contributed by atoms with Crippen LogP contribution in [0.3, 0.4) is 0 Å². The van der Waals surface area contributed by atoms with E-state index < -0.39 is 11.5 Å². The number of rotatable bonds is 4. The van der Waals surface area contributed by atoms with Crippen LogP contribution in [0, 0.1) is 0 Å². The quantitative estimate of drug-likeness (QED) is 0.719. The van der Waals surface area contributed by atoms with E-state index in [1.165, 1.54) is 29.6 Å². The zero-order valence-electron chi connectivity index (χ0n) is 11.4. The maximum Gasteiger partial charge on any atom is 0.260 e. The van der Waals surface area contributed by atoms with Crippen LogP contribution in [0.2, 0.25) is 0 Å². The van der Waals surface area contributed by atoms with Crippen LogP contribution < -0.4 is 10.9 Å². The van der Waals surface area contributed by atoms with E-state index in [4.69, 9.17) is 0 Å². The second kappa shape index (κ2) is 6.00. The summed E-state index contributed by atoms with van der Waals surface area (Å²) in [5.41, 5.74) is 0.394. The Balaban J connectivity index is 1.79. The number of H-pyrrole nitrogens is 1. The first-order valence-electron chi connectivity index (χ1n) is 6.50. The van der Waals surface area contributed by atoms with Crippen LogP contribution in [0.1, 0.15) is 15.9 Å². The Morgan fingerprint density at radius 2 is 2.23 bits per heavy atom. The summed E-state index contributed by atoms with van der Waals surface area (Å²) in [6.07, 6.45) is 6.03. The molecular weight excluding hydrogens is 284 g/mol. The van der Waals surface area contributed by atoms with Crippen molar-refractivity contribution in [3.63, 3.8) is 0 Å². The number of aromatic amines is 1. The highest BCUT2D eigenvalue weighted by Gasteiger charge is 2.11. The van der Waals surface area contributed by atoms with Gasteiger partial charge < -0.3 is 10.3 Å². The van der Waals surface area contributed by atoms with Crippen LogP contribution in [0.5, 0.6) is 0 Å². The van der Waals surface area contributed by atoms with Gasteiger partial charge in [-0.05, 0) is 18.2 Å². The molecule has 0 aliphatic rings. The molecule has 3 rings (SSSR count). The fourth-order valence-corrected chi connectivity index (χ4v) is 1.96. The smallest absolute Gasteiger partial charge is 0.260 e. The predicted molar refractivity (Wildman–Crippen MR) is 77.4 cm³/mol. The molecule has 0 aliphatic heterocycles. The largest absolute Gasteiger partial charge is 0.348 e. The van der Waals surface area contributed by atoms with Crippen molar-refractivity contribution in [3.8, 4) is 5.82 Å². The standard InChI is InChI=1S/C14H12N6O2/c21-13-11(4-2-6-17-13)14(22)18-7-10-3-1-5-16-12(10)20-9-15-8-19-20/h1-6,8-9H,7H2,(H,17,21)(H,18,22). The van der Waals surface area contributed by atoms with Gasteiger partial charge >= 0.3 is 0 Å². The van der Waals surface area contributed by atoms with Gasteiger partial charge in [-0.15, -0.1) is 0 Å². The molecule has 8 nitrogen and oxygen atoms in total. The molecular formula is C14H12N6O2. The van der Waals surface area contributed by atoms with E-state index in [1.807, 2.05) is 6.07 Å². The molecule has 0 radical (unpaired) electrons. The minimum atomic E-state index is -0.449. The molecule has 0 bridgehead atoms. The van der Waals surface area contributed by atoms with Crippen molar-refractivity contribution in [2.75, 3.05) is 0 Å². The highest BCUT2D eigenvalue weighted by atomic mass is 16.2. The summed E-state index contributed by atoms with van der Waals surface area (Å²) in [6, 6.07) is 6.65. The first-order chi connectivity index (χ1) is 10.8. The van der Waals surface area contributed by atoms with Gasteiger partial charge in [-0.1, -0.05) is 6.07 Å². The number of nitrogens with zero attached hydrogens (tertiary/aromatic N) is 4. The molecule has 3 aromatic heterocycles. The number of amides is 1. The maximum absolute atomic E-state index is 12.1. The van der Waals surface area contributed by atoms with Crippen LogP contribution in [-0.4, -0.2) is 30.6 Å². The lowest BCUT2D eigenvalue weighted by atomic mass is 10.2. The molecule has 1 amide bonds. The van der Waals surface area contributed by atoms with E-state index in [1.54, 1.807) is 18.3 Å². The minimum Gasteiger partial charge on any atom is -0.348 e. The Labute approximate surface area is 124 Å². The summed E-state index contributed by atoms with van der Waals surface area (Å²) in [5, 5.41) is 6.72. The monoisotopic (exact) mass is 296 g/mol. The molecule has 0 saturated heterocycles. The third-order valence-corrected chi connectivity index (χ3v) is 3.01. The molecule has 2 N–H and O–H groups in total. The van der Waals surface area contributed by atoms with E-state index in [-0.39, 0.29) is 12.1 Å². The Morgan fingerprint density at radius 1 is 1.32 bits per heavy atom. The SMILES string of the molecule is O=C(NCc1cccnc1-n1cncn1)c1ccc[nH]c1=O. The molecule has 0 atom stereocenters. The topological polar surface area (TPSA) is 106 Å². The molecule has 22 heavy (non-hydrogen) atoms. The second-order valence-corrected chi connectivity index (χ2v) is 4.42. The second-order valence-electron chi connectivity index (χ2n) is 4.42. The molecule has 110 valence electrons. The van der Waals surface area contributed by atoms with Crippen molar-refractivity contribution in [3.05, 3.63) is 70.8 Å². The van der Waals surface area contributed by atoms with Gasteiger partial charge in [0, 0.05) is 24.5 Å². The van der Waals surface area contributed by atoms with Crippen LogP contribution in [-0.2, 0) is 6.54 Å². The number of pyridine rings is 2. The lowest BCUT2D eigenvalue weighted by Gasteiger charge is -2.09. The van der Waals surface area contributed by atoms with Gasteiger partial charge in [0.1, 0.15) is 18.2 Å². The van der Waals surface area contributed by atoms with Crippen molar-refractivity contribution in [2.24, 2.45) is 0 Å². The number of hydrogen-bond donors (Lipinski definition) is 2. The molecule has 0 saturated carbocycles. The zero-order valence-corrected chi connectivity index (χ0v) is 11.4. The Morgan fingerprint density at radius 3 is 3.00 bits per heavy atom. The van der Waals surface area contributed by atoms with Crippen LogP contribution in [0.25, 0.3) is 5.82 Å². The number of carbonyl (C=O) groups excluding carboxylic acids is 1. The zero-order chi connectivity index (χ0) is 15.4. The van der Waals surface area contributed by atoms with Gasteiger partial charge in [-0.25, -0.2) is 14.6 Å². The molecule has 0 spiro atoms. The fraction of sp³-hybridized carbons (Fsp3) is 0.0714. The molecule has 0 aromatic carbocycles. The van der Waals surface area contributed by atoms with E-state index in [0.29, 0.717) is 5.82 Å². The predicted octanol–water partition coefficient (Wildman–Crippen LogP) is 0.281. The third kappa shape index (κ3) is 2.75. The maximum atomic E-state index is 12.1. The van der Waals surface area contributed by atoms with E-state index in [9.17, 15) is 9.59 Å². The Kier molecular flexibility index (Phi) is 3.73. The number of aromatic nitrogens is 5. The molecule has 8 heteroatoms. The summed E-state index contributed by atoms with van der Waals surface area (Å²) < 4.78 is 1.51. The number of nitrogens with one attached hydrogen (secondary N) is 2. The highest BCUT2D eigenvalue weighted by molar-refractivity contribution is 5.93. The van der Waals surface area contributed by atoms with Gasteiger partial charge in [0.05, 0.1) is 0 Å². The minimum absolute atomic E-state index is 0.0636. The number of carbonyl (C=O) groups is 1. The van der Waals surface area contributed by atoms with Crippen molar-refractivity contribution >= 4 is 5.91 Å². The summed E-state index contributed by atoms with van der Waals surface area (Å²) >= 11 is 0. The Bertz CT molecular complexity index is 840. The fourth-order valence-electron chi connectivity index (χ4n) is 1.96. The summed E-state index contributed by atoms with van der Waals surface area (Å²) in [6.45, 7) is 0.218. The first kappa shape index (κ1) is 13.7. The highest BCUT2D eigenvalue weighted by Crippen LogP contribution is 2.09. The molecule has 0 fully saturated rings. The first-order valence-corrected chi connectivity index (χ1v) is 6.50. The third-order valence-electron chi connectivity index (χ3n) is 3.01. The van der Waals surface area contributed by atoms with Crippen molar-refractivity contribution in [1.29, 1.82) is 0 Å².